The van der Waals surface area contributed by atoms with Crippen LogP contribution in [0.15, 0.2) is 0 Å². The largest absolute Gasteiger partial charge is 0.313 e. The zero-order valence-corrected chi connectivity index (χ0v) is 15.5. The number of halogens is 1. The molecule has 0 aromatic heterocycles. The van der Waals surface area contributed by atoms with Crippen LogP contribution in [0, 0.1) is 35.0 Å². The Morgan fingerprint density at radius 3 is 2.72 bits per heavy atom. The summed E-state index contributed by atoms with van der Waals surface area (Å²) < 4.78 is 13.9. The summed E-state index contributed by atoms with van der Waals surface area (Å²) in [6.07, 6.45) is 7.64. The van der Waals surface area contributed by atoms with E-state index in [0.29, 0.717) is 30.0 Å². The highest BCUT2D eigenvalue weighted by atomic mass is 19.1. The molecule has 5 heteroatoms. The van der Waals surface area contributed by atoms with Crippen LogP contribution in [-0.4, -0.2) is 49.0 Å². The summed E-state index contributed by atoms with van der Waals surface area (Å²) in [4.78, 5) is 2.42. The highest BCUT2D eigenvalue weighted by Crippen LogP contribution is 2.42. The van der Waals surface area contributed by atoms with E-state index in [1.54, 1.807) is 0 Å². The zero-order valence-electron chi connectivity index (χ0n) is 15.5. The van der Waals surface area contributed by atoms with Crippen LogP contribution in [0.25, 0.3) is 0 Å². The van der Waals surface area contributed by atoms with Crippen molar-refractivity contribution >= 4 is 0 Å². The summed E-state index contributed by atoms with van der Waals surface area (Å²) in [5.41, 5.74) is 0. The van der Waals surface area contributed by atoms with Gasteiger partial charge in [0, 0.05) is 19.1 Å². The molecule has 25 heavy (non-hydrogen) atoms. The summed E-state index contributed by atoms with van der Waals surface area (Å²) >= 11 is 0. The lowest BCUT2D eigenvalue weighted by Gasteiger charge is -2.47. The third kappa shape index (κ3) is 3.46. The first-order chi connectivity index (χ1) is 12.2. The van der Waals surface area contributed by atoms with Crippen LogP contribution < -0.4 is 10.6 Å². The van der Waals surface area contributed by atoms with Gasteiger partial charge in [-0.15, -0.1) is 0 Å². The Hall–Kier alpha value is -0.700. The number of hydrogen-bond donors (Lipinski definition) is 2. The van der Waals surface area contributed by atoms with Crippen LogP contribution >= 0.6 is 0 Å². The van der Waals surface area contributed by atoms with Gasteiger partial charge < -0.3 is 5.32 Å². The van der Waals surface area contributed by atoms with E-state index < -0.39 is 6.17 Å². The minimum Gasteiger partial charge on any atom is -0.313 e. The topological polar surface area (TPSA) is 51.1 Å². The minimum atomic E-state index is -0.596. The monoisotopic (exact) mass is 348 g/mol. The van der Waals surface area contributed by atoms with E-state index in [-0.39, 0.29) is 12.0 Å². The molecule has 2 N–H and O–H groups in total. The van der Waals surface area contributed by atoms with Crippen molar-refractivity contribution in [2.75, 3.05) is 19.6 Å². The van der Waals surface area contributed by atoms with E-state index in [2.05, 4.69) is 28.5 Å². The number of rotatable bonds is 2. The molecule has 3 saturated heterocycles. The molecule has 0 amide bonds. The normalized spacial score (nSPS) is 48.7. The van der Waals surface area contributed by atoms with Crippen molar-refractivity contribution < 1.29 is 4.39 Å². The molecule has 8 unspecified atom stereocenters. The molecule has 0 bridgehead atoms. The van der Waals surface area contributed by atoms with Gasteiger partial charge in [-0.2, -0.15) is 5.26 Å². The first kappa shape index (κ1) is 17.7. The van der Waals surface area contributed by atoms with Gasteiger partial charge in [0.25, 0.3) is 0 Å². The Bertz CT molecular complexity index is 506. The molecule has 4 aliphatic rings. The van der Waals surface area contributed by atoms with Gasteiger partial charge in [0.1, 0.15) is 12.2 Å². The average Bonchev–Trinajstić information content (AvgIpc) is 3.06. The van der Waals surface area contributed by atoms with Crippen LogP contribution in [-0.2, 0) is 0 Å². The number of nitrogens with one attached hydrogen (secondary N) is 2. The lowest BCUT2D eigenvalue weighted by molar-refractivity contribution is 0.0323. The first-order valence-electron chi connectivity index (χ1n) is 10.4. The SMILES string of the molecule is CC1CC(C2NCCCC2C2CCC3NCC(C#N)N3C2)CCC1F. The van der Waals surface area contributed by atoms with Crippen LogP contribution in [0.5, 0.6) is 0 Å². The number of nitrogens with zero attached hydrogens (tertiary/aromatic N) is 2. The van der Waals surface area contributed by atoms with Crippen molar-refractivity contribution in [2.24, 2.45) is 23.7 Å². The van der Waals surface area contributed by atoms with E-state index in [9.17, 15) is 9.65 Å². The van der Waals surface area contributed by atoms with Crippen LogP contribution in [0.1, 0.15) is 51.9 Å². The molecule has 0 radical (unpaired) electrons. The van der Waals surface area contributed by atoms with E-state index in [0.717, 1.165) is 38.9 Å². The van der Waals surface area contributed by atoms with Gasteiger partial charge >= 0.3 is 0 Å². The first-order valence-corrected chi connectivity index (χ1v) is 10.4. The second kappa shape index (κ2) is 7.50. The van der Waals surface area contributed by atoms with E-state index in [4.69, 9.17) is 0 Å². The fraction of sp³-hybridized carbons (Fsp3) is 0.950. The summed E-state index contributed by atoms with van der Waals surface area (Å²) in [5, 5.41) is 16.8. The van der Waals surface area contributed by atoms with Gasteiger partial charge in [-0.3, -0.25) is 10.2 Å². The van der Waals surface area contributed by atoms with Crippen molar-refractivity contribution in [3.63, 3.8) is 0 Å². The molecule has 1 saturated carbocycles. The van der Waals surface area contributed by atoms with Gasteiger partial charge in [-0.25, -0.2) is 4.39 Å². The number of alkyl halides is 1. The summed E-state index contributed by atoms with van der Waals surface area (Å²) in [6.45, 7) is 5.09. The van der Waals surface area contributed by atoms with Gasteiger partial charge in [0.2, 0.25) is 0 Å². The molecule has 4 fully saturated rings. The predicted molar refractivity (Wildman–Crippen MR) is 96.5 cm³/mol. The maximum atomic E-state index is 13.9. The highest BCUT2D eigenvalue weighted by Gasteiger charge is 2.44. The Kier molecular flexibility index (Phi) is 5.31. The van der Waals surface area contributed by atoms with E-state index in [1.165, 1.54) is 25.7 Å². The van der Waals surface area contributed by atoms with Crippen molar-refractivity contribution in [3.05, 3.63) is 0 Å². The third-order valence-electron chi connectivity index (χ3n) is 7.53. The Labute approximate surface area is 151 Å². The molecule has 8 atom stereocenters. The lowest BCUT2D eigenvalue weighted by Crippen LogP contribution is -2.55. The minimum absolute atomic E-state index is 0.0461. The maximum absolute atomic E-state index is 13.9. The molecule has 1 aliphatic carbocycles. The van der Waals surface area contributed by atoms with Gasteiger partial charge in [0.05, 0.1) is 12.2 Å². The quantitative estimate of drug-likeness (QED) is 0.806. The second-order valence-corrected chi connectivity index (χ2v) is 8.96. The second-order valence-electron chi connectivity index (χ2n) is 8.96. The predicted octanol–water partition coefficient (Wildman–Crippen LogP) is 2.66. The van der Waals surface area contributed by atoms with Crippen molar-refractivity contribution in [1.82, 2.24) is 15.5 Å². The number of hydrogen-bond acceptors (Lipinski definition) is 4. The molecule has 0 aromatic rings. The Morgan fingerprint density at radius 2 is 1.92 bits per heavy atom. The summed E-state index contributed by atoms with van der Waals surface area (Å²) in [7, 11) is 0. The summed E-state index contributed by atoms with van der Waals surface area (Å²) in [6, 6.07) is 3.08. The van der Waals surface area contributed by atoms with Crippen molar-refractivity contribution in [1.29, 1.82) is 5.26 Å². The summed E-state index contributed by atoms with van der Waals surface area (Å²) in [5.74, 6) is 2.23. The van der Waals surface area contributed by atoms with Crippen LogP contribution in [0.4, 0.5) is 4.39 Å². The highest BCUT2D eigenvalue weighted by molar-refractivity contribution is 5.04. The molecule has 3 aliphatic heterocycles. The molecule has 3 heterocycles. The fourth-order valence-corrected chi connectivity index (χ4v) is 6.13. The van der Waals surface area contributed by atoms with E-state index >= 15 is 0 Å². The van der Waals surface area contributed by atoms with Crippen LogP contribution in [0.2, 0.25) is 0 Å². The number of fused-ring (bicyclic) bond motifs is 1. The smallest absolute Gasteiger partial charge is 0.112 e. The standard InChI is InChI=1S/C20H33FN4/c1-13-9-14(4-6-18(13)21)20-17(3-2-8-23-20)15-5-7-19-24-11-16(10-22)25(19)12-15/h13-20,23-24H,2-9,11-12H2,1H3. The molecule has 4 nitrogen and oxygen atoms in total. The van der Waals surface area contributed by atoms with Gasteiger partial charge in [-0.1, -0.05) is 6.92 Å². The Morgan fingerprint density at radius 1 is 1.08 bits per heavy atom. The molecular weight excluding hydrogens is 315 g/mol. The molecule has 4 rings (SSSR count). The average molecular weight is 349 g/mol. The fourth-order valence-electron chi connectivity index (χ4n) is 6.13. The molecule has 0 spiro atoms. The van der Waals surface area contributed by atoms with Gasteiger partial charge in [-0.05, 0) is 75.2 Å². The number of nitriles is 1. The van der Waals surface area contributed by atoms with Crippen LogP contribution in [0.3, 0.4) is 0 Å². The maximum Gasteiger partial charge on any atom is 0.112 e. The molecular formula is C20H33FN4. The third-order valence-corrected chi connectivity index (χ3v) is 7.53. The van der Waals surface area contributed by atoms with Crippen molar-refractivity contribution in [3.8, 4) is 6.07 Å². The zero-order chi connectivity index (χ0) is 17.4. The van der Waals surface area contributed by atoms with Crippen molar-refractivity contribution in [2.45, 2.75) is 76.3 Å². The Balaban J connectivity index is 1.45. The molecule has 140 valence electrons. The molecule has 0 aromatic carbocycles. The number of piperidine rings is 2. The van der Waals surface area contributed by atoms with Gasteiger partial charge in [0.15, 0.2) is 0 Å². The van der Waals surface area contributed by atoms with E-state index in [1.807, 2.05) is 0 Å². The lowest BCUT2D eigenvalue weighted by atomic mass is 9.67.